The molecule has 0 unspecified atom stereocenters. The van der Waals surface area contributed by atoms with Crippen molar-refractivity contribution in [2.45, 2.75) is 0 Å². The molecule has 258 valence electrons. The minimum Gasteiger partial charge on any atom is -0.455 e. The quantitative estimate of drug-likeness (QED) is 0.170. The van der Waals surface area contributed by atoms with Crippen molar-refractivity contribution in [3.05, 3.63) is 175 Å². The van der Waals surface area contributed by atoms with Gasteiger partial charge < -0.3 is 4.42 Å². The maximum atomic E-state index is 8.54. The molecule has 0 N–H and O–H groups in total. The predicted molar refractivity (Wildman–Crippen MR) is 230 cm³/mol. The second-order valence-corrected chi connectivity index (χ2v) is 15.2. The average Bonchev–Trinajstić information content (AvgIpc) is 4.06. The van der Waals surface area contributed by atoms with Crippen LogP contribution in [0.2, 0.25) is 0 Å². The fourth-order valence-corrected chi connectivity index (χ4v) is 9.35. The van der Waals surface area contributed by atoms with Gasteiger partial charge in [0, 0.05) is 63.6 Å². The second-order valence-electron chi connectivity index (χ2n) is 13.2. The molecule has 0 saturated heterocycles. The zero-order chi connectivity index (χ0) is 40.6. The standard InChI is InChI=1S/C49H29N3OS2/c1-3-11-30(12-4-1)31-22-24-33(25-23-31)47-50-48(34-26-27-37-43(29-34)55-42-20-9-16-36(45(37)42)41-21-10-28-54-41)52-49(51-47)39-18-8-19-40-44(39)38-17-7-15-35(46(38)53-40)32-13-5-2-6-14-32/h1-29H/i1D,3D,4D,11D,12D. The van der Waals surface area contributed by atoms with Gasteiger partial charge >= 0.3 is 0 Å². The topological polar surface area (TPSA) is 51.8 Å². The van der Waals surface area contributed by atoms with E-state index in [-0.39, 0.29) is 29.7 Å². The van der Waals surface area contributed by atoms with Crippen LogP contribution in [0.15, 0.2) is 180 Å². The fourth-order valence-electron chi connectivity index (χ4n) is 7.42. The normalized spacial score (nSPS) is 12.9. The summed E-state index contributed by atoms with van der Waals surface area (Å²) in [4.78, 5) is 16.6. The average molecular weight is 745 g/mol. The molecule has 6 heteroatoms. The van der Waals surface area contributed by atoms with E-state index in [1.165, 1.54) is 25.9 Å². The van der Waals surface area contributed by atoms with Gasteiger partial charge in [-0.1, -0.05) is 145 Å². The van der Waals surface area contributed by atoms with Gasteiger partial charge in [0.1, 0.15) is 11.2 Å². The summed E-state index contributed by atoms with van der Waals surface area (Å²) in [6.45, 7) is 0. The maximum Gasteiger partial charge on any atom is 0.164 e. The molecular formula is C49H29N3OS2. The van der Waals surface area contributed by atoms with Crippen molar-refractivity contribution in [3.8, 4) is 66.9 Å². The Morgan fingerprint density at radius 3 is 2.04 bits per heavy atom. The molecule has 0 fully saturated rings. The Hall–Kier alpha value is -6.73. The first-order valence-corrected chi connectivity index (χ1v) is 19.5. The first-order chi connectivity index (χ1) is 29.3. The molecule has 0 amide bonds. The lowest BCUT2D eigenvalue weighted by atomic mass is 10.0. The summed E-state index contributed by atoms with van der Waals surface area (Å²) in [5.74, 6) is 1.39. The molecule has 0 aliphatic heterocycles. The molecule has 7 aromatic carbocycles. The third kappa shape index (κ3) is 5.45. The molecule has 0 atom stereocenters. The SMILES string of the molecule is [2H]c1c([2H])c([2H])c(-c2ccc(-c3nc(-c4ccc5c(c4)sc4cccc(-c6cccs6)c45)nc(-c4cccc5oc6c(-c7ccccc7)cccc6c45)n3)cc2)c([2H])c1[2H]. The zero-order valence-corrected chi connectivity index (χ0v) is 30.6. The monoisotopic (exact) mass is 744 g/mol. The molecule has 11 rings (SSSR count). The van der Waals surface area contributed by atoms with Crippen LogP contribution in [0.3, 0.4) is 0 Å². The predicted octanol–water partition coefficient (Wildman–Crippen LogP) is 14.2. The zero-order valence-electron chi connectivity index (χ0n) is 33.9. The van der Waals surface area contributed by atoms with Gasteiger partial charge in [0.2, 0.25) is 0 Å². The Labute approximate surface area is 331 Å². The van der Waals surface area contributed by atoms with Crippen LogP contribution in [-0.2, 0) is 0 Å². The molecule has 0 bridgehead atoms. The van der Waals surface area contributed by atoms with E-state index in [4.69, 9.17) is 26.2 Å². The number of nitrogens with zero attached hydrogens (tertiary/aromatic N) is 3. The summed E-state index contributed by atoms with van der Waals surface area (Å²) in [6, 6.07) is 44.8. The molecule has 4 aromatic heterocycles. The van der Waals surface area contributed by atoms with E-state index >= 15 is 0 Å². The Kier molecular flexibility index (Phi) is 6.36. The van der Waals surface area contributed by atoms with Crippen LogP contribution in [-0.4, -0.2) is 15.0 Å². The highest BCUT2D eigenvalue weighted by Crippen LogP contribution is 2.43. The van der Waals surface area contributed by atoms with Crippen molar-refractivity contribution in [2.75, 3.05) is 0 Å². The molecule has 0 saturated carbocycles. The van der Waals surface area contributed by atoms with Crippen LogP contribution in [0, 0.1) is 0 Å². The lowest BCUT2D eigenvalue weighted by Gasteiger charge is -2.10. The molecule has 0 spiro atoms. The van der Waals surface area contributed by atoms with E-state index in [2.05, 4.69) is 78.2 Å². The van der Waals surface area contributed by atoms with Crippen molar-refractivity contribution in [1.82, 2.24) is 15.0 Å². The van der Waals surface area contributed by atoms with Gasteiger partial charge in [-0.3, -0.25) is 0 Å². The van der Waals surface area contributed by atoms with Crippen LogP contribution >= 0.6 is 22.7 Å². The van der Waals surface area contributed by atoms with Crippen molar-refractivity contribution in [3.63, 3.8) is 0 Å². The Morgan fingerprint density at radius 1 is 0.473 bits per heavy atom. The molecule has 11 aromatic rings. The summed E-state index contributed by atoms with van der Waals surface area (Å²) < 4.78 is 50.5. The van der Waals surface area contributed by atoms with Crippen molar-refractivity contribution >= 4 is 64.8 Å². The largest absolute Gasteiger partial charge is 0.455 e. The van der Waals surface area contributed by atoms with E-state index in [9.17, 15) is 0 Å². The van der Waals surface area contributed by atoms with Gasteiger partial charge in [-0.25, -0.2) is 15.0 Å². The summed E-state index contributed by atoms with van der Waals surface area (Å²) in [6.07, 6.45) is 0. The van der Waals surface area contributed by atoms with E-state index in [0.29, 0.717) is 34.2 Å². The highest BCUT2D eigenvalue weighted by molar-refractivity contribution is 7.26. The summed E-state index contributed by atoms with van der Waals surface area (Å²) >= 11 is 3.48. The molecule has 4 nitrogen and oxygen atoms in total. The number of benzene rings is 7. The molecule has 0 radical (unpaired) electrons. The number of thiophene rings is 2. The van der Waals surface area contributed by atoms with Gasteiger partial charge in [-0.05, 0) is 46.3 Å². The first kappa shape index (κ1) is 26.9. The van der Waals surface area contributed by atoms with Crippen molar-refractivity contribution in [2.24, 2.45) is 0 Å². The minimum atomic E-state index is -0.427. The fraction of sp³-hybridized carbons (Fsp3) is 0. The number of furan rings is 1. The van der Waals surface area contributed by atoms with Gasteiger partial charge in [0.05, 0.1) is 6.85 Å². The molecule has 0 aliphatic carbocycles. The molecule has 55 heavy (non-hydrogen) atoms. The van der Waals surface area contributed by atoms with Crippen LogP contribution in [0.5, 0.6) is 0 Å². The number of rotatable bonds is 6. The maximum absolute atomic E-state index is 8.54. The summed E-state index contributed by atoms with van der Waals surface area (Å²) in [5, 5.41) is 6.35. The number of para-hydroxylation sites is 1. The lowest BCUT2D eigenvalue weighted by molar-refractivity contribution is 0.670. The second kappa shape index (κ2) is 13.0. The third-order valence-corrected chi connectivity index (χ3v) is 12.0. The van der Waals surface area contributed by atoms with E-state index in [0.717, 1.165) is 43.3 Å². The van der Waals surface area contributed by atoms with E-state index in [1.807, 2.05) is 54.6 Å². The van der Waals surface area contributed by atoms with Gasteiger partial charge in [0.25, 0.3) is 0 Å². The van der Waals surface area contributed by atoms with Crippen LogP contribution in [0.1, 0.15) is 6.85 Å². The highest BCUT2D eigenvalue weighted by Gasteiger charge is 2.20. The van der Waals surface area contributed by atoms with Gasteiger partial charge in [0.15, 0.2) is 17.5 Å². The first-order valence-electron chi connectivity index (χ1n) is 20.3. The number of hydrogen-bond donors (Lipinski definition) is 0. The minimum absolute atomic E-state index is 0.136. The number of hydrogen-bond acceptors (Lipinski definition) is 6. The van der Waals surface area contributed by atoms with E-state index in [1.54, 1.807) is 34.8 Å². The van der Waals surface area contributed by atoms with Crippen molar-refractivity contribution in [1.29, 1.82) is 0 Å². The Morgan fingerprint density at radius 2 is 1.20 bits per heavy atom. The molecular weight excluding hydrogens is 711 g/mol. The highest BCUT2D eigenvalue weighted by atomic mass is 32.1. The van der Waals surface area contributed by atoms with Crippen LogP contribution in [0.4, 0.5) is 0 Å². The Balaban J connectivity index is 1.11. The summed E-state index contributed by atoms with van der Waals surface area (Å²) in [5.41, 5.74) is 7.69. The molecule has 4 heterocycles. The van der Waals surface area contributed by atoms with Crippen molar-refractivity contribution < 1.29 is 11.3 Å². The van der Waals surface area contributed by atoms with Gasteiger partial charge in [-0.15, -0.1) is 22.7 Å². The van der Waals surface area contributed by atoms with Crippen LogP contribution in [0.25, 0.3) is 109 Å². The Bertz CT molecular complexity index is 3460. The lowest BCUT2D eigenvalue weighted by Crippen LogP contribution is -2.00. The summed E-state index contributed by atoms with van der Waals surface area (Å²) in [7, 11) is 0. The number of aromatic nitrogens is 3. The smallest absolute Gasteiger partial charge is 0.164 e. The molecule has 0 aliphatic rings. The van der Waals surface area contributed by atoms with Crippen LogP contribution < -0.4 is 0 Å². The number of fused-ring (bicyclic) bond motifs is 6. The third-order valence-electron chi connectivity index (χ3n) is 9.96. The van der Waals surface area contributed by atoms with E-state index < -0.39 is 6.04 Å². The van der Waals surface area contributed by atoms with Gasteiger partial charge in [-0.2, -0.15) is 0 Å².